The summed E-state index contributed by atoms with van der Waals surface area (Å²) in [5.41, 5.74) is 3.68. The van der Waals surface area contributed by atoms with Gasteiger partial charge in [-0.3, -0.25) is 9.79 Å². The fraction of sp³-hybridized carbons (Fsp3) is 0.440. The van der Waals surface area contributed by atoms with Crippen LogP contribution in [0, 0.1) is 0 Å². The normalized spacial score (nSPS) is 17.9. The van der Waals surface area contributed by atoms with Crippen molar-refractivity contribution in [3.8, 4) is 5.75 Å². The molecule has 30 heavy (non-hydrogen) atoms. The van der Waals surface area contributed by atoms with Crippen molar-refractivity contribution in [2.24, 2.45) is 4.99 Å². The molecule has 1 aliphatic carbocycles. The molecule has 0 saturated carbocycles. The number of carbonyl (C=O) groups excluding carboxylic acids is 1. The monoisotopic (exact) mass is 422 g/mol. The maximum Gasteiger partial charge on any atom is 0.207 e. The number of nitrogens with zero attached hydrogens (tertiary/aromatic N) is 2. The average Bonchev–Trinajstić information content (AvgIpc) is 3.29. The number of ketones is 1. The molecule has 2 aromatic rings. The molecule has 1 heterocycles. The molecule has 0 bridgehead atoms. The number of fused-ring (bicyclic) bond motifs is 1. The molecule has 0 spiro atoms. The van der Waals surface area contributed by atoms with Gasteiger partial charge in [0.2, 0.25) is 5.72 Å². The number of aliphatic imine (C=N–C) groups is 1. The molecule has 2 aliphatic rings. The standard InChI is InChI=1S/C25H30N2O2S/c1-18(2)30-16-22-20-10-7-11-23(28)21(20)12-13-24(22)29-25(3,27-15-14-26-17-27)19-8-5-4-6-9-19/h4-6,8-9,12-13,17-18H,7,10-11,14-16H2,1-3H3/t25-/m0/s1. The van der Waals surface area contributed by atoms with E-state index in [1.54, 1.807) is 0 Å². The summed E-state index contributed by atoms with van der Waals surface area (Å²) in [7, 11) is 0. The minimum absolute atomic E-state index is 0.260. The summed E-state index contributed by atoms with van der Waals surface area (Å²) in [6, 6.07) is 14.3. The van der Waals surface area contributed by atoms with Crippen molar-refractivity contribution in [1.82, 2.24) is 4.90 Å². The highest BCUT2D eigenvalue weighted by atomic mass is 32.2. The topological polar surface area (TPSA) is 41.9 Å². The molecular formula is C25H30N2O2S. The SMILES string of the molecule is CC(C)SCc1c(O[C@@](C)(c2ccccc2)N2C=NCC2)ccc2c1CCCC2=O. The number of hydrogen-bond donors (Lipinski definition) is 0. The van der Waals surface area contributed by atoms with Crippen LogP contribution in [0.5, 0.6) is 5.75 Å². The molecule has 1 aliphatic heterocycles. The average molecular weight is 423 g/mol. The zero-order valence-corrected chi connectivity index (χ0v) is 18.9. The minimum atomic E-state index is -0.661. The van der Waals surface area contributed by atoms with E-state index in [1.807, 2.05) is 48.4 Å². The summed E-state index contributed by atoms with van der Waals surface area (Å²) in [5.74, 6) is 1.99. The molecule has 0 unspecified atom stereocenters. The fourth-order valence-corrected chi connectivity index (χ4v) is 5.05. The number of rotatable bonds is 7. The summed E-state index contributed by atoms with van der Waals surface area (Å²) in [5, 5.41) is 0.513. The number of thioether (sulfide) groups is 1. The molecule has 158 valence electrons. The van der Waals surface area contributed by atoms with E-state index in [-0.39, 0.29) is 5.78 Å². The van der Waals surface area contributed by atoms with Crippen molar-refractivity contribution in [2.45, 2.75) is 56.8 Å². The van der Waals surface area contributed by atoms with E-state index in [0.29, 0.717) is 11.7 Å². The van der Waals surface area contributed by atoms with E-state index >= 15 is 0 Å². The summed E-state index contributed by atoms with van der Waals surface area (Å²) < 4.78 is 6.85. The molecule has 0 N–H and O–H groups in total. The lowest BCUT2D eigenvalue weighted by Gasteiger charge is -2.39. The molecule has 0 saturated heterocycles. The Labute approximate surface area is 183 Å². The summed E-state index contributed by atoms with van der Waals surface area (Å²) in [4.78, 5) is 19.1. The highest BCUT2D eigenvalue weighted by Crippen LogP contribution is 2.39. The van der Waals surface area contributed by atoms with Crippen molar-refractivity contribution < 1.29 is 9.53 Å². The molecule has 4 rings (SSSR count). The molecule has 1 atom stereocenters. The first-order valence-electron chi connectivity index (χ1n) is 10.8. The van der Waals surface area contributed by atoms with Gasteiger partial charge in [0.15, 0.2) is 5.78 Å². The molecular weight excluding hydrogens is 392 g/mol. The van der Waals surface area contributed by atoms with E-state index in [2.05, 4.69) is 42.8 Å². The predicted octanol–water partition coefficient (Wildman–Crippen LogP) is 5.44. The molecule has 0 radical (unpaired) electrons. The lowest BCUT2D eigenvalue weighted by Crippen LogP contribution is -2.47. The van der Waals surface area contributed by atoms with Gasteiger partial charge in [-0.2, -0.15) is 11.8 Å². The van der Waals surface area contributed by atoms with E-state index in [4.69, 9.17) is 4.74 Å². The van der Waals surface area contributed by atoms with Crippen molar-refractivity contribution >= 4 is 23.9 Å². The van der Waals surface area contributed by atoms with Crippen LogP contribution in [0.4, 0.5) is 0 Å². The van der Waals surface area contributed by atoms with E-state index in [9.17, 15) is 4.79 Å². The van der Waals surface area contributed by atoms with Gasteiger partial charge in [0.05, 0.1) is 12.9 Å². The second kappa shape index (κ2) is 8.84. The Balaban J connectivity index is 1.77. The number of benzene rings is 2. The highest BCUT2D eigenvalue weighted by molar-refractivity contribution is 7.99. The third kappa shape index (κ3) is 4.13. The van der Waals surface area contributed by atoms with E-state index in [0.717, 1.165) is 48.6 Å². The van der Waals surface area contributed by atoms with Gasteiger partial charge in [0.1, 0.15) is 5.75 Å². The van der Waals surface area contributed by atoms with E-state index < -0.39 is 5.72 Å². The first-order chi connectivity index (χ1) is 14.5. The number of carbonyl (C=O) groups is 1. The third-order valence-electron chi connectivity index (χ3n) is 5.94. The smallest absolute Gasteiger partial charge is 0.207 e. The second-order valence-corrected chi connectivity index (χ2v) is 9.94. The van der Waals surface area contributed by atoms with Crippen LogP contribution in [0.3, 0.4) is 0 Å². The van der Waals surface area contributed by atoms with Crippen molar-refractivity contribution in [1.29, 1.82) is 0 Å². The van der Waals surface area contributed by atoms with Crippen molar-refractivity contribution in [3.63, 3.8) is 0 Å². The van der Waals surface area contributed by atoms with Gasteiger partial charge in [0.25, 0.3) is 0 Å². The molecule has 4 nitrogen and oxygen atoms in total. The summed E-state index contributed by atoms with van der Waals surface area (Å²) >= 11 is 1.90. The fourth-order valence-electron chi connectivity index (χ4n) is 4.23. The lowest BCUT2D eigenvalue weighted by molar-refractivity contribution is -0.0258. The van der Waals surface area contributed by atoms with Crippen LogP contribution in [0.1, 0.15) is 60.7 Å². The molecule has 5 heteroatoms. The first-order valence-corrected chi connectivity index (χ1v) is 11.8. The van der Waals surface area contributed by atoms with Gasteiger partial charge in [-0.1, -0.05) is 44.2 Å². The maximum atomic E-state index is 12.5. The van der Waals surface area contributed by atoms with Gasteiger partial charge in [-0.15, -0.1) is 0 Å². The van der Waals surface area contributed by atoms with Gasteiger partial charge in [0, 0.05) is 35.4 Å². The van der Waals surface area contributed by atoms with Gasteiger partial charge in [-0.05, 0) is 42.7 Å². The number of ether oxygens (including phenoxy) is 1. The lowest BCUT2D eigenvalue weighted by atomic mass is 9.87. The Morgan fingerprint density at radius 2 is 1.97 bits per heavy atom. The van der Waals surface area contributed by atoms with E-state index in [1.165, 1.54) is 11.1 Å². The zero-order valence-electron chi connectivity index (χ0n) is 18.1. The quantitative estimate of drug-likeness (QED) is 0.596. The first kappa shape index (κ1) is 21.0. The van der Waals surface area contributed by atoms with Crippen LogP contribution in [0.25, 0.3) is 0 Å². The van der Waals surface area contributed by atoms with Crippen molar-refractivity contribution in [2.75, 3.05) is 13.1 Å². The zero-order chi connectivity index (χ0) is 21.1. The summed E-state index contributed by atoms with van der Waals surface area (Å²) in [6.07, 6.45) is 4.41. The third-order valence-corrected chi connectivity index (χ3v) is 7.06. The maximum absolute atomic E-state index is 12.5. The number of Topliss-reactive ketones (excluding diaryl/α,β-unsaturated/α-hetero) is 1. The van der Waals surface area contributed by atoms with Crippen LogP contribution in [-0.2, 0) is 17.9 Å². The largest absolute Gasteiger partial charge is 0.464 e. The highest BCUT2D eigenvalue weighted by Gasteiger charge is 2.37. The van der Waals surface area contributed by atoms with Crippen LogP contribution >= 0.6 is 11.8 Å². The Kier molecular flexibility index (Phi) is 6.19. The van der Waals surface area contributed by atoms with Gasteiger partial charge < -0.3 is 9.64 Å². The van der Waals surface area contributed by atoms with Crippen LogP contribution < -0.4 is 4.74 Å². The predicted molar refractivity (Wildman–Crippen MR) is 125 cm³/mol. The van der Waals surface area contributed by atoms with Crippen LogP contribution in [0.15, 0.2) is 47.5 Å². The van der Waals surface area contributed by atoms with Crippen molar-refractivity contribution in [3.05, 3.63) is 64.7 Å². The Hall–Kier alpha value is -2.27. The minimum Gasteiger partial charge on any atom is -0.464 e. The molecule has 0 amide bonds. The van der Waals surface area contributed by atoms with Gasteiger partial charge in [-0.25, -0.2) is 0 Å². The molecule has 0 fully saturated rings. The van der Waals surface area contributed by atoms with Gasteiger partial charge >= 0.3 is 0 Å². The summed E-state index contributed by atoms with van der Waals surface area (Å²) in [6.45, 7) is 8.14. The number of hydrogen-bond acceptors (Lipinski definition) is 5. The Morgan fingerprint density at radius 1 is 1.17 bits per heavy atom. The Morgan fingerprint density at radius 3 is 2.67 bits per heavy atom. The van der Waals surface area contributed by atoms with Crippen LogP contribution in [-0.4, -0.2) is 35.4 Å². The Bertz CT molecular complexity index is 942. The molecule has 2 aromatic carbocycles. The molecule has 0 aromatic heterocycles. The van der Waals surface area contributed by atoms with Crippen LogP contribution in [0.2, 0.25) is 0 Å². The second-order valence-electron chi connectivity index (χ2n) is 8.37.